The molecule has 0 fully saturated rings. The molecule has 0 N–H and O–H groups in total. The maximum Gasteiger partial charge on any atom is 0.161 e. The van der Waals surface area contributed by atoms with E-state index in [1.807, 2.05) is 30.5 Å². The number of fused-ring (bicyclic) bond motifs is 7. The van der Waals surface area contributed by atoms with Crippen LogP contribution in [0.25, 0.3) is 116 Å². The average molecular weight is 776 g/mol. The highest BCUT2D eigenvalue weighted by atomic mass is 15.0. The van der Waals surface area contributed by atoms with E-state index in [1.165, 1.54) is 10.8 Å². The second-order valence-electron chi connectivity index (χ2n) is 15.5. The summed E-state index contributed by atoms with van der Waals surface area (Å²) in [4.78, 5) is 15.3. The Labute approximate surface area is 351 Å². The molecule has 0 unspecified atom stereocenters. The first kappa shape index (κ1) is 34.6. The number of benzene rings is 9. The Hall–Kier alpha value is -8.46. The number of hydrogen-bond acceptors (Lipinski definition) is 4. The molecular formula is C56H33N5. The van der Waals surface area contributed by atoms with Crippen LogP contribution in [0.15, 0.2) is 200 Å². The number of nitriles is 1. The summed E-state index contributed by atoms with van der Waals surface area (Å²) in [5.41, 5.74) is 10.7. The van der Waals surface area contributed by atoms with Crippen molar-refractivity contribution in [2.75, 3.05) is 0 Å². The van der Waals surface area contributed by atoms with E-state index in [2.05, 4.69) is 179 Å². The first-order valence-electron chi connectivity index (χ1n) is 20.4. The van der Waals surface area contributed by atoms with Crippen LogP contribution in [0.3, 0.4) is 0 Å². The fourth-order valence-electron chi connectivity index (χ4n) is 9.24. The fourth-order valence-corrected chi connectivity index (χ4v) is 9.24. The molecule has 61 heavy (non-hydrogen) atoms. The van der Waals surface area contributed by atoms with Crippen LogP contribution in [0.4, 0.5) is 0 Å². The lowest BCUT2D eigenvalue weighted by Gasteiger charge is -2.18. The second kappa shape index (κ2) is 13.8. The first-order chi connectivity index (χ1) is 30.2. The first-order valence-corrected chi connectivity index (χ1v) is 20.4. The third-order valence-electron chi connectivity index (χ3n) is 12.1. The standard InChI is InChI=1S/C56H33N5/c57-33-35-19-25-52-48(28-35)49-31-42(24-26-53(49)61(52)43-14-9-27-58-34-43)54-44-15-5-7-17-46(44)55(47-18-8-6-16-45(47)54)56-59-50(40-22-20-36-10-1-3-12-38(36)29-40)32-51(60-56)41-23-21-37-11-2-4-13-39(37)30-41/h1-32,34H. The van der Waals surface area contributed by atoms with E-state index in [-0.39, 0.29) is 0 Å². The van der Waals surface area contributed by atoms with Crippen LogP contribution < -0.4 is 0 Å². The van der Waals surface area contributed by atoms with Gasteiger partial charge in [0.2, 0.25) is 0 Å². The average Bonchev–Trinajstić information content (AvgIpc) is 3.65. The molecule has 3 aromatic heterocycles. The van der Waals surface area contributed by atoms with Crippen molar-refractivity contribution in [2.45, 2.75) is 0 Å². The molecule has 0 bridgehead atoms. The van der Waals surface area contributed by atoms with Gasteiger partial charge in [0, 0.05) is 33.7 Å². The van der Waals surface area contributed by atoms with Crippen molar-refractivity contribution < 1.29 is 0 Å². The van der Waals surface area contributed by atoms with Gasteiger partial charge in [0.15, 0.2) is 5.82 Å². The minimum atomic E-state index is 0.623. The van der Waals surface area contributed by atoms with E-state index in [0.29, 0.717) is 11.4 Å². The van der Waals surface area contributed by atoms with Gasteiger partial charge < -0.3 is 4.57 Å². The van der Waals surface area contributed by atoms with Gasteiger partial charge in [-0.25, -0.2) is 9.97 Å². The second-order valence-corrected chi connectivity index (χ2v) is 15.5. The van der Waals surface area contributed by atoms with E-state index in [0.717, 1.165) is 99.0 Å². The zero-order chi connectivity index (χ0) is 40.4. The minimum Gasteiger partial charge on any atom is -0.308 e. The minimum absolute atomic E-state index is 0.623. The van der Waals surface area contributed by atoms with Crippen molar-refractivity contribution in [2.24, 2.45) is 0 Å². The van der Waals surface area contributed by atoms with Gasteiger partial charge in [-0.2, -0.15) is 5.26 Å². The number of hydrogen-bond donors (Lipinski definition) is 0. The molecule has 0 atom stereocenters. The largest absolute Gasteiger partial charge is 0.308 e. The maximum atomic E-state index is 9.95. The van der Waals surface area contributed by atoms with E-state index >= 15 is 0 Å². The fraction of sp³-hybridized carbons (Fsp3) is 0. The summed E-state index contributed by atoms with van der Waals surface area (Å²) in [6.07, 6.45) is 3.67. The summed E-state index contributed by atoms with van der Waals surface area (Å²) in [7, 11) is 0. The van der Waals surface area contributed by atoms with Crippen molar-refractivity contribution in [3.05, 3.63) is 206 Å². The van der Waals surface area contributed by atoms with Crippen LogP contribution in [0.5, 0.6) is 0 Å². The van der Waals surface area contributed by atoms with Gasteiger partial charge in [0.25, 0.3) is 0 Å². The van der Waals surface area contributed by atoms with Crippen LogP contribution in [0.2, 0.25) is 0 Å². The predicted molar refractivity (Wildman–Crippen MR) is 251 cm³/mol. The third-order valence-corrected chi connectivity index (χ3v) is 12.1. The van der Waals surface area contributed by atoms with E-state index in [4.69, 9.17) is 9.97 Å². The van der Waals surface area contributed by atoms with E-state index < -0.39 is 0 Å². The van der Waals surface area contributed by atoms with Crippen LogP contribution in [-0.2, 0) is 0 Å². The predicted octanol–water partition coefficient (Wildman–Crippen LogP) is 14.1. The maximum absolute atomic E-state index is 9.95. The Morgan fingerprint density at radius 1 is 0.410 bits per heavy atom. The summed E-state index contributed by atoms with van der Waals surface area (Å²) in [5.74, 6) is 0.673. The number of nitrogens with zero attached hydrogens (tertiary/aromatic N) is 5. The Kier molecular flexibility index (Phi) is 7.84. The zero-order valence-electron chi connectivity index (χ0n) is 32.8. The Morgan fingerprint density at radius 3 is 1.51 bits per heavy atom. The highest BCUT2D eigenvalue weighted by Crippen LogP contribution is 2.45. The topological polar surface area (TPSA) is 67.4 Å². The Balaban J connectivity index is 1.12. The molecule has 0 spiro atoms. The lowest BCUT2D eigenvalue weighted by Crippen LogP contribution is -1.99. The molecule has 0 aliphatic carbocycles. The van der Waals surface area contributed by atoms with Gasteiger partial charge in [0.05, 0.1) is 45.9 Å². The highest BCUT2D eigenvalue weighted by Gasteiger charge is 2.22. The van der Waals surface area contributed by atoms with Gasteiger partial charge >= 0.3 is 0 Å². The van der Waals surface area contributed by atoms with Crippen LogP contribution in [0, 0.1) is 11.3 Å². The van der Waals surface area contributed by atoms with Gasteiger partial charge in [0.1, 0.15) is 0 Å². The summed E-state index contributed by atoms with van der Waals surface area (Å²) in [6.45, 7) is 0. The molecule has 5 nitrogen and oxygen atoms in total. The number of pyridine rings is 1. The quantitative estimate of drug-likeness (QED) is 0.163. The third kappa shape index (κ3) is 5.66. The van der Waals surface area contributed by atoms with Crippen molar-refractivity contribution in [3.8, 4) is 56.8 Å². The van der Waals surface area contributed by atoms with Crippen molar-refractivity contribution in [1.29, 1.82) is 5.26 Å². The number of rotatable bonds is 5. The van der Waals surface area contributed by atoms with Crippen molar-refractivity contribution >= 4 is 64.9 Å². The monoisotopic (exact) mass is 775 g/mol. The molecule has 5 heteroatoms. The van der Waals surface area contributed by atoms with E-state index in [1.54, 1.807) is 6.20 Å². The summed E-state index contributed by atoms with van der Waals surface area (Å²) >= 11 is 0. The Morgan fingerprint density at radius 2 is 0.934 bits per heavy atom. The lowest BCUT2D eigenvalue weighted by molar-refractivity contribution is 1.14. The van der Waals surface area contributed by atoms with Gasteiger partial charge in [-0.05, 0) is 115 Å². The Bertz CT molecular complexity index is 3630. The lowest BCUT2D eigenvalue weighted by atomic mass is 9.87. The van der Waals surface area contributed by atoms with E-state index in [9.17, 15) is 5.26 Å². The molecular weight excluding hydrogens is 743 g/mol. The molecule has 3 heterocycles. The van der Waals surface area contributed by atoms with Crippen LogP contribution >= 0.6 is 0 Å². The molecule has 0 saturated heterocycles. The smallest absolute Gasteiger partial charge is 0.161 e. The van der Waals surface area contributed by atoms with Crippen molar-refractivity contribution in [3.63, 3.8) is 0 Å². The molecule has 12 rings (SSSR count). The molecule has 0 radical (unpaired) electrons. The zero-order valence-corrected chi connectivity index (χ0v) is 32.8. The summed E-state index contributed by atoms with van der Waals surface area (Å²) < 4.78 is 2.23. The molecule has 282 valence electrons. The summed E-state index contributed by atoms with van der Waals surface area (Å²) in [6, 6.07) is 68.5. The molecule has 12 aromatic rings. The SMILES string of the molecule is N#Cc1ccc2c(c1)c1cc(-c3c4ccccc4c(-c4nc(-c5ccc6ccccc6c5)cc(-c5ccc6ccccc6c5)n4)c4ccccc34)ccc1n2-c1cccnc1. The normalized spacial score (nSPS) is 11.6. The molecule has 0 aliphatic heterocycles. The highest BCUT2D eigenvalue weighted by molar-refractivity contribution is 6.22. The molecule has 9 aromatic carbocycles. The molecule has 0 saturated carbocycles. The summed E-state index contributed by atoms with van der Waals surface area (Å²) in [5, 5.41) is 21.1. The van der Waals surface area contributed by atoms with Crippen LogP contribution in [0.1, 0.15) is 5.56 Å². The van der Waals surface area contributed by atoms with Gasteiger partial charge in [-0.15, -0.1) is 0 Å². The number of aromatic nitrogens is 4. The van der Waals surface area contributed by atoms with Gasteiger partial charge in [-0.1, -0.05) is 127 Å². The van der Waals surface area contributed by atoms with Crippen molar-refractivity contribution in [1.82, 2.24) is 19.5 Å². The van der Waals surface area contributed by atoms with Gasteiger partial charge in [-0.3, -0.25) is 4.98 Å². The molecule has 0 amide bonds. The van der Waals surface area contributed by atoms with Crippen LogP contribution in [-0.4, -0.2) is 19.5 Å². The molecule has 0 aliphatic rings.